The second-order valence-corrected chi connectivity index (χ2v) is 4.86. The maximum atomic E-state index is 12.0. The highest BCUT2D eigenvalue weighted by atomic mass is 16.4. The largest absolute Gasteiger partial charge is 0.409 e. The van der Waals surface area contributed by atoms with E-state index in [-0.39, 0.29) is 17.7 Å². The summed E-state index contributed by atoms with van der Waals surface area (Å²) in [6, 6.07) is -0.423. The molecule has 7 nitrogen and oxygen atoms in total. The van der Waals surface area contributed by atoms with Crippen LogP contribution < -0.4 is 11.1 Å². The summed E-state index contributed by atoms with van der Waals surface area (Å²) in [7, 11) is 0. The molecule has 1 aliphatic rings. The third kappa shape index (κ3) is 3.24. The Labute approximate surface area is 111 Å². The highest BCUT2D eigenvalue weighted by Gasteiger charge is 2.28. The van der Waals surface area contributed by atoms with E-state index in [9.17, 15) is 4.79 Å². The van der Waals surface area contributed by atoms with E-state index in [1.807, 2.05) is 0 Å². The monoisotopic (exact) mass is 265 g/mol. The van der Waals surface area contributed by atoms with E-state index in [0.29, 0.717) is 5.56 Å². The van der Waals surface area contributed by atoms with Crippen LogP contribution in [0.25, 0.3) is 0 Å². The van der Waals surface area contributed by atoms with Crippen molar-refractivity contribution in [3.05, 3.63) is 18.0 Å². The van der Waals surface area contributed by atoms with Crippen LogP contribution in [-0.4, -0.2) is 33.2 Å². The quantitative estimate of drug-likeness (QED) is 0.279. The summed E-state index contributed by atoms with van der Waals surface area (Å²) < 4.78 is 0. The van der Waals surface area contributed by atoms with E-state index in [4.69, 9.17) is 10.9 Å². The Balaban J connectivity index is 2.07. The van der Waals surface area contributed by atoms with Gasteiger partial charge in [0.25, 0.3) is 5.91 Å². The summed E-state index contributed by atoms with van der Waals surface area (Å²) in [5.41, 5.74) is 6.15. The van der Waals surface area contributed by atoms with Gasteiger partial charge in [0, 0.05) is 6.20 Å². The van der Waals surface area contributed by atoms with Crippen LogP contribution in [0.5, 0.6) is 0 Å². The Morgan fingerprint density at radius 3 is 2.84 bits per heavy atom. The van der Waals surface area contributed by atoms with Crippen molar-refractivity contribution in [2.75, 3.05) is 0 Å². The molecular formula is C12H19N5O2. The maximum Gasteiger partial charge on any atom is 0.255 e. The Morgan fingerprint density at radius 2 is 2.26 bits per heavy atom. The van der Waals surface area contributed by atoms with Gasteiger partial charge in [0.1, 0.15) is 0 Å². The minimum atomic E-state index is -0.423. The lowest BCUT2D eigenvalue weighted by Gasteiger charge is -2.29. The SMILES string of the molecule is NC(=NO)C(NC(=O)c1cn[nH]c1)C1CCCCC1. The molecule has 0 saturated heterocycles. The molecule has 0 aliphatic heterocycles. The first kappa shape index (κ1) is 13.4. The number of nitrogens with one attached hydrogen (secondary N) is 2. The van der Waals surface area contributed by atoms with Gasteiger partial charge in [-0.25, -0.2) is 0 Å². The molecule has 1 amide bonds. The number of hydrogen-bond donors (Lipinski definition) is 4. The molecule has 1 aliphatic carbocycles. The summed E-state index contributed by atoms with van der Waals surface area (Å²) in [6.07, 6.45) is 8.34. The van der Waals surface area contributed by atoms with Crippen molar-refractivity contribution in [2.24, 2.45) is 16.8 Å². The summed E-state index contributed by atoms with van der Waals surface area (Å²) in [6.45, 7) is 0. The number of amidine groups is 1. The highest BCUT2D eigenvalue weighted by molar-refractivity contribution is 5.98. The number of carbonyl (C=O) groups is 1. The zero-order valence-corrected chi connectivity index (χ0v) is 10.7. The first-order valence-electron chi connectivity index (χ1n) is 6.49. The van der Waals surface area contributed by atoms with Gasteiger partial charge in [-0.1, -0.05) is 24.4 Å². The topological polar surface area (TPSA) is 116 Å². The molecule has 1 atom stereocenters. The van der Waals surface area contributed by atoms with Crippen molar-refractivity contribution in [3.63, 3.8) is 0 Å². The van der Waals surface area contributed by atoms with Gasteiger partial charge in [0.15, 0.2) is 5.84 Å². The fraction of sp³-hybridized carbons (Fsp3) is 0.583. The molecule has 1 fully saturated rings. The van der Waals surface area contributed by atoms with Crippen molar-refractivity contribution in [3.8, 4) is 0 Å². The third-order valence-corrected chi connectivity index (χ3v) is 3.60. The van der Waals surface area contributed by atoms with Crippen LogP contribution >= 0.6 is 0 Å². The van der Waals surface area contributed by atoms with Gasteiger partial charge in [0.05, 0.1) is 17.8 Å². The van der Waals surface area contributed by atoms with Crippen molar-refractivity contribution < 1.29 is 10.0 Å². The molecule has 5 N–H and O–H groups in total. The smallest absolute Gasteiger partial charge is 0.255 e. The number of rotatable bonds is 4. The molecule has 7 heteroatoms. The van der Waals surface area contributed by atoms with E-state index in [1.165, 1.54) is 18.8 Å². The fourth-order valence-electron chi connectivity index (χ4n) is 2.56. The zero-order chi connectivity index (χ0) is 13.7. The molecule has 0 spiro atoms. The highest BCUT2D eigenvalue weighted by Crippen LogP contribution is 2.26. The Morgan fingerprint density at radius 1 is 1.53 bits per heavy atom. The van der Waals surface area contributed by atoms with Crippen LogP contribution in [0.3, 0.4) is 0 Å². The molecular weight excluding hydrogens is 246 g/mol. The van der Waals surface area contributed by atoms with Gasteiger partial charge < -0.3 is 16.3 Å². The second-order valence-electron chi connectivity index (χ2n) is 4.86. The van der Waals surface area contributed by atoms with Crippen LogP contribution in [0.1, 0.15) is 42.5 Å². The second kappa shape index (κ2) is 6.21. The van der Waals surface area contributed by atoms with Crippen LogP contribution in [0, 0.1) is 5.92 Å². The molecule has 19 heavy (non-hydrogen) atoms. The van der Waals surface area contributed by atoms with Crippen molar-refractivity contribution >= 4 is 11.7 Å². The van der Waals surface area contributed by atoms with Gasteiger partial charge in [-0.05, 0) is 18.8 Å². The summed E-state index contributed by atoms with van der Waals surface area (Å²) in [5, 5.41) is 21.1. The van der Waals surface area contributed by atoms with Gasteiger partial charge >= 0.3 is 0 Å². The number of amides is 1. The number of aromatic nitrogens is 2. The van der Waals surface area contributed by atoms with Crippen LogP contribution in [-0.2, 0) is 0 Å². The number of nitrogens with two attached hydrogens (primary N) is 1. The predicted octanol–water partition coefficient (Wildman–Crippen LogP) is 0.835. The van der Waals surface area contributed by atoms with Gasteiger partial charge in [-0.15, -0.1) is 0 Å². The molecule has 0 bridgehead atoms. The number of carbonyl (C=O) groups excluding carboxylic acids is 1. The van der Waals surface area contributed by atoms with E-state index < -0.39 is 6.04 Å². The zero-order valence-electron chi connectivity index (χ0n) is 10.7. The molecule has 1 heterocycles. The van der Waals surface area contributed by atoms with Gasteiger partial charge in [-0.3, -0.25) is 9.89 Å². The number of nitrogens with zero attached hydrogens (tertiary/aromatic N) is 2. The number of H-pyrrole nitrogens is 1. The molecule has 0 radical (unpaired) electrons. The third-order valence-electron chi connectivity index (χ3n) is 3.60. The summed E-state index contributed by atoms with van der Waals surface area (Å²) in [4.78, 5) is 12.0. The number of oxime groups is 1. The lowest BCUT2D eigenvalue weighted by molar-refractivity contribution is 0.0930. The molecule has 1 unspecified atom stereocenters. The predicted molar refractivity (Wildman–Crippen MR) is 69.8 cm³/mol. The Bertz CT molecular complexity index is 437. The molecule has 1 aromatic heterocycles. The molecule has 104 valence electrons. The van der Waals surface area contributed by atoms with Crippen molar-refractivity contribution in [1.82, 2.24) is 15.5 Å². The lowest BCUT2D eigenvalue weighted by atomic mass is 9.83. The van der Waals surface area contributed by atoms with Gasteiger partial charge in [0.2, 0.25) is 0 Å². The minimum Gasteiger partial charge on any atom is -0.409 e. The number of hydrogen-bond acceptors (Lipinski definition) is 4. The minimum absolute atomic E-state index is 0.0590. The molecule has 2 rings (SSSR count). The van der Waals surface area contributed by atoms with E-state index in [1.54, 1.807) is 0 Å². The summed E-state index contributed by atoms with van der Waals surface area (Å²) >= 11 is 0. The van der Waals surface area contributed by atoms with Crippen molar-refractivity contribution in [2.45, 2.75) is 38.1 Å². The van der Waals surface area contributed by atoms with Crippen molar-refractivity contribution in [1.29, 1.82) is 0 Å². The fourth-order valence-corrected chi connectivity index (χ4v) is 2.56. The van der Waals surface area contributed by atoms with E-state index in [2.05, 4.69) is 20.7 Å². The van der Waals surface area contributed by atoms with Crippen LogP contribution in [0.2, 0.25) is 0 Å². The molecule has 0 aromatic carbocycles. The van der Waals surface area contributed by atoms with Gasteiger partial charge in [-0.2, -0.15) is 5.10 Å². The van der Waals surface area contributed by atoms with Crippen LogP contribution in [0.4, 0.5) is 0 Å². The first-order chi connectivity index (χ1) is 9.22. The summed E-state index contributed by atoms with van der Waals surface area (Å²) in [5.74, 6) is 0.0140. The average Bonchev–Trinajstić information content (AvgIpc) is 2.99. The Hall–Kier alpha value is -2.05. The molecule has 1 saturated carbocycles. The molecule has 1 aromatic rings. The first-order valence-corrected chi connectivity index (χ1v) is 6.49. The standard InChI is InChI=1S/C12H19N5O2/c13-11(17-19)10(8-4-2-1-3-5-8)16-12(18)9-6-14-15-7-9/h6-8,10,19H,1-5H2,(H2,13,17)(H,14,15)(H,16,18). The normalized spacial score (nSPS) is 19.1. The van der Waals surface area contributed by atoms with Crippen LogP contribution in [0.15, 0.2) is 17.5 Å². The number of aromatic amines is 1. The Kier molecular flexibility index (Phi) is 4.38. The van der Waals surface area contributed by atoms with E-state index >= 15 is 0 Å². The maximum absolute atomic E-state index is 12.0. The van der Waals surface area contributed by atoms with E-state index in [0.717, 1.165) is 25.7 Å². The average molecular weight is 265 g/mol. The lowest BCUT2D eigenvalue weighted by Crippen LogP contribution is -2.49.